The number of para-hydroxylation sites is 1. The number of hydrogen-bond donors (Lipinski definition) is 1. The highest BCUT2D eigenvalue weighted by Crippen LogP contribution is 2.18. The van der Waals surface area contributed by atoms with Gasteiger partial charge in [0.25, 0.3) is 5.56 Å². The molecule has 1 heterocycles. The molecular formula is C20H20ClN3O3. The number of nitrogens with one attached hydrogen (secondary N) is 1. The Hall–Kier alpha value is -2.99. The van der Waals surface area contributed by atoms with Crippen LogP contribution in [0.5, 0.6) is 11.5 Å². The third-order valence-electron chi connectivity index (χ3n) is 3.74. The SMILES string of the molecule is CCOc1ccc(OCCNc2cnn(-c3ccccc3)c(=O)c2Cl)cc1. The fourth-order valence-corrected chi connectivity index (χ4v) is 2.66. The topological polar surface area (TPSA) is 65.4 Å². The maximum Gasteiger partial charge on any atom is 0.292 e. The summed E-state index contributed by atoms with van der Waals surface area (Å²) in [6.07, 6.45) is 1.54. The van der Waals surface area contributed by atoms with Gasteiger partial charge in [-0.1, -0.05) is 29.8 Å². The minimum Gasteiger partial charge on any atom is -0.494 e. The molecule has 0 aliphatic carbocycles. The average molecular weight is 386 g/mol. The van der Waals surface area contributed by atoms with Crippen molar-refractivity contribution in [3.05, 3.63) is 76.2 Å². The Labute approximate surface area is 162 Å². The standard InChI is InChI=1S/C20H20ClN3O3/c1-2-26-16-8-10-17(11-9-16)27-13-12-22-18-14-23-24(20(25)19(18)21)15-6-4-3-5-7-15/h3-11,14,22H,2,12-13H2,1H3. The average Bonchev–Trinajstić information content (AvgIpc) is 2.70. The monoisotopic (exact) mass is 385 g/mol. The highest BCUT2D eigenvalue weighted by molar-refractivity contribution is 6.32. The molecule has 2 aromatic carbocycles. The predicted octanol–water partition coefficient (Wildman–Crippen LogP) is 3.78. The molecule has 1 aromatic heterocycles. The van der Waals surface area contributed by atoms with Crippen LogP contribution in [0.1, 0.15) is 6.92 Å². The second-order valence-corrected chi connectivity index (χ2v) is 5.98. The van der Waals surface area contributed by atoms with Gasteiger partial charge in [0.05, 0.1) is 24.2 Å². The molecule has 0 aliphatic rings. The van der Waals surface area contributed by atoms with Crippen molar-refractivity contribution in [3.63, 3.8) is 0 Å². The van der Waals surface area contributed by atoms with Gasteiger partial charge in [-0.05, 0) is 43.3 Å². The van der Waals surface area contributed by atoms with Crippen molar-refractivity contribution >= 4 is 17.3 Å². The lowest BCUT2D eigenvalue weighted by atomic mass is 10.3. The van der Waals surface area contributed by atoms with E-state index in [0.29, 0.717) is 31.1 Å². The summed E-state index contributed by atoms with van der Waals surface area (Å²) in [5, 5.41) is 7.35. The third kappa shape index (κ3) is 4.80. The van der Waals surface area contributed by atoms with E-state index in [1.165, 1.54) is 10.9 Å². The highest BCUT2D eigenvalue weighted by Gasteiger charge is 2.10. The lowest BCUT2D eigenvalue weighted by Gasteiger charge is -2.11. The first-order valence-electron chi connectivity index (χ1n) is 8.62. The summed E-state index contributed by atoms with van der Waals surface area (Å²) < 4.78 is 12.3. The number of nitrogens with zero attached hydrogens (tertiary/aromatic N) is 2. The fourth-order valence-electron chi connectivity index (χ4n) is 2.46. The van der Waals surface area contributed by atoms with Crippen LogP contribution >= 0.6 is 11.6 Å². The molecule has 3 rings (SSSR count). The first kappa shape index (κ1) is 18.8. The van der Waals surface area contributed by atoms with Crippen LogP contribution in [0.4, 0.5) is 5.69 Å². The van der Waals surface area contributed by atoms with Gasteiger partial charge in [-0.3, -0.25) is 4.79 Å². The summed E-state index contributed by atoms with van der Waals surface area (Å²) >= 11 is 6.20. The Balaban J connectivity index is 1.57. The molecule has 0 unspecified atom stereocenters. The molecule has 0 saturated carbocycles. The first-order chi connectivity index (χ1) is 13.2. The Bertz CT molecular complexity index is 927. The zero-order valence-electron chi connectivity index (χ0n) is 14.9. The summed E-state index contributed by atoms with van der Waals surface area (Å²) in [5.41, 5.74) is 0.763. The van der Waals surface area contributed by atoms with Crippen LogP contribution < -0.4 is 20.3 Å². The maximum atomic E-state index is 12.4. The normalized spacial score (nSPS) is 10.4. The number of halogens is 1. The Morgan fingerprint density at radius 2 is 1.70 bits per heavy atom. The lowest BCUT2D eigenvalue weighted by molar-refractivity contribution is 0.326. The van der Waals surface area contributed by atoms with Crippen LogP contribution in [0.2, 0.25) is 5.02 Å². The number of anilines is 1. The largest absolute Gasteiger partial charge is 0.494 e. The summed E-state index contributed by atoms with van der Waals surface area (Å²) in [4.78, 5) is 12.4. The molecule has 0 saturated heterocycles. The second kappa shape index (κ2) is 9.09. The molecule has 3 aromatic rings. The number of rotatable bonds is 8. The van der Waals surface area contributed by atoms with Gasteiger partial charge in [0.1, 0.15) is 23.1 Å². The minimum absolute atomic E-state index is 0.0925. The van der Waals surface area contributed by atoms with Gasteiger partial charge in [-0.2, -0.15) is 9.78 Å². The first-order valence-corrected chi connectivity index (χ1v) is 8.99. The molecule has 0 atom stereocenters. The van der Waals surface area contributed by atoms with E-state index in [2.05, 4.69) is 10.4 Å². The van der Waals surface area contributed by atoms with E-state index in [9.17, 15) is 4.79 Å². The molecule has 0 bridgehead atoms. The van der Waals surface area contributed by atoms with Crippen molar-refractivity contribution in [2.45, 2.75) is 6.92 Å². The number of aromatic nitrogens is 2. The van der Waals surface area contributed by atoms with Crippen molar-refractivity contribution in [3.8, 4) is 17.2 Å². The predicted molar refractivity (Wildman–Crippen MR) is 106 cm³/mol. The summed E-state index contributed by atoms with van der Waals surface area (Å²) in [6.45, 7) is 3.45. The summed E-state index contributed by atoms with van der Waals surface area (Å²) in [5.74, 6) is 1.55. The van der Waals surface area contributed by atoms with Crippen LogP contribution in [-0.4, -0.2) is 29.5 Å². The minimum atomic E-state index is -0.375. The van der Waals surface area contributed by atoms with Crippen molar-refractivity contribution in [1.82, 2.24) is 9.78 Å². The van der Waals surface area contributed by atoms with Gasteiger partial charge >= 0.3 is 0 Å². The van der Waals surface area contributed by atoms with E-state index in [0.717, 1.165) is 11.5 Å². The fraction of sp³-hybridized carbons (Fsp3) is 0.200. The number of benzene rings is 2. The van der Waals surface area contributed by atoms with E-state index in [-0.39, 0.29) is 10.6 Å². The van der Waals surface area contributed by atoms with Crippen LogP contribution in [0.25, 0.3) is 5.69 Å². The van der Waals surface area contributed by atoms with Crippen molar-refractivity contribution < 1.29 is 9.47 Å². The quantitative estimate of drug-likeness (QED) is 0.598. The van der Waals surface area contributed by atoms with Gasteiger partial charge in [-0.15, -0.1) is 0 Å². The van der Waals surface area contributed by atoms with Crippen molar-refractivity contribution in [2.24, 2.45) is 0 Å². The number of hydrogen-bond acceptors (Lipinski definition) is 5. The van der Waals surface area contributed by atoms with Crippen LogP contribution in [0.15, 0.2) is 65.6 Å². The maximum absolute atomic E-state index is 12.4. The van der Waals surface area contributed by atoms with Gasteiger partial charge in [0.15, 0.2) is 0 Å². The van der Waals surface area contributed by atoms with E-state index < -0.39 is 0 Å². The lowest BCUT2D eigenvalue weighted by Crippen LogP contribution is -2.23. The molecular weight excluding hydrogens is 366 g/mol. The third-order valence-corrected chi connectivity index (χ3v) is 4.11. The zero-order chi connectivity index (χ0) is 19.1. The molecule has 27 heavy (non-hydrogen) atoms. The Kier molecular flexibility index (Phi) is 6.33. The molecule has 1 N–H and O–H groups in total. The second-order valence-electron chi connectivity index (χ2n) is 5.60. The van der Waals surface area contributed by atoms with Gasteiger partial charge in [-0.25, -0.2) is 0 Å². The van der Waals surface area contributed by atoms with Crippen LogP contribution in [-0.2, 0) is 0 Å². The Morgan fingerprint density at radius 1 is 1.04 bits per heavy atom. The summed E-state index contributed by atoms with van der Waals surface area (Å²) in [6, 6.07) is 16.5. The smallest absolute Gasteiger partial charge is 0.292 e. The molecule has 6 nitrogen and oxygen atoms in total. The van der Waals surface area contributed by atoms with Crippen LogP contribution in [0.3, 0.4) is 0 Å². The molecule has 0 spiro atoms. The van der Waals surface area contributed by atoms with E-state index in [1.807, 2.05) is 49.4 Å². The summed E-state index contributed by atoms with van der Waals surface area (Å²) in [7, 11) is 0. The van der Waals surface area contributed by atoms with Gasteiger partial charge < -0.3 is 14.8 Å². The van der Waals surface area contributed by atoms with E-state index >= 15 is 0 Å². The van der Waals surface area contributed by atoms with Crippen LogP contribution in [0, 0.1) is 0 Å². The zero-order valence-corrected chi connectivity index (χ0v) is 15.6. The highest BCUT2D eigenvalue weighted by atomic mass is 35.5. The Morgan fingerprint density at radius 3 is 2.37 bits per heavy atom. The molecule has 0 radical (unpaired) electrons. The van der Waals surface area contributed by atoms with Crippen molar-refractivity contribution in [1.29, 1.82) is 0 Å². The van der Waals surface area contributed by atoms with E-state index in [4.69, 9.17) is 21.1 Å². The molecule has 140 valence electrons. The molecule has 0 aliphatic heterocycles. The number of ether oxygens (including phenoxy) is 2. The molecule has 0 amide bonds. The molecule has 7 heteroatoms. The molecule has 0 fully saturated rings. The van der Waals surface area contributed by atoms with E-state index in [1.54, 1.807) is 12.1 Å². The van der Waals surface area contributed by atoms with Gasteiger partial charge in [0, 0.05) is 6.54 Å². The van der Waals surface area contributed by atoms with Gasteiger partial charge in [0.2, 0.25) is 0 Å². The van der Waals surface area contributed by atoms with Crippen molar-refractivity contribution in [2.75, 3.05) is 25.1 Å².